The Morgan fingerprint density at radius 1 is 1.24 bits per heavy atom. The number of carbonyl (C=O) groups is 2. The topological polar surface area (TPSA) is 69.6 Å². The molecule has 0 unspecified atom stereocenters. The summed E-state index contributed by atoms with van der Waals surface area (Å²) in [6, 6.07) is 14.1. The Balaban J connectivity index is 1.48. The maximum Gasteiger partial charge on any atom is 0.266 e. The van der Waals surface area contributed by atoms with E-state index in [-0.39, 0.29) is 30.5 Å². The van der Waals surface area contributed by atoms with Gasteiger partial charge in [-0.2, -0.15) is 0 Å². The third-order valence-corrected chi connectivity index (χ3v) is 5.87. The van der Waals surface area contributed by atoms with Gasteiger partial charge in [0.2, 0.25) is 5.91 Å². The van der Waals surface area contributed by atoms with Gasteiger partial charge in [-0.25, -0.2) is 0 Å². The Morgan fingerprint density at radius 3 is 2.72 bits per heavy atom. The van der Waals surface area contributed by atoms with Crippen LogP contribution in [-0.4, -0.2) is 39.2 Å². The lowest BCUT2D eigenvalue weighted by Crippen LogP contribution is -2.34. The Hall–Kier alpha value is -2.35. The fourth-order valence-electron chi connectivity index (χ4n) is 2.75. The van der Waals surface area contributed by atoms with Crippen LogP contribution in [0.15, 0.2) is 53.4 Å². The van der Waals surface area contributed by atoms with Crippen molar-refractivity contribution in [2.24, 2.45) is 0 Å². The lowest BCUT2D eigenvalue weighted by Gasteiger charge is -2.14. The number of nitrogens with one attached hydrogen (secondary N) is 1. The van der Waals surface area contributed by atoms with E-state index in [4.69, 9.17) is 23.8 Å². The Kier molecular flexibility index (Phi) is 7.30. The number of nitrogens with zero attached hydrogens (tertiary/aromatic N) is 1. The number of carbonyl (C=O) groups excluding carboxylic acids is 2. The van der Waals surface area contributed by atoms with Gasteiger partial charge in [-0.1, -0.05) is 59.8 Å². The predicted molar refractivity (Wildman–Crippen MR) is 121 cm³/mol. The zero-order chi connectivity index (χ0) is 20.8. The lowest BCUT2D eigenvalue weighted by molar-refractivity contribution is -0.123. The number of halogens is 1. The van der Waals surface area contributed by atoms with Crippen LogP contribution in [0, 0.1) is 0 Å². The fourth-order valence-corrected chi connectivity index (χ4v) is 4.26. The highest BCUT2D eigenvalue weighted by Gasteiger charge is 2.32. The number of benzene rings is 2. The first-order valence-electron chi connectivity index (χ1n) is 8.98. The second-order valence-electron chi connectivity index (χ2n) is 6.40. The zero-order valence-electron chi connectivity index (χ0n) is 15.4. The quantitative estimate of drug-likeness (QED) is 0.497. The number of hydrogen-bond acceptors (Lipinski definition) is 5. The first-order chi connectivity index (χ1) is 13.9. The van der Waals surface area contributed by atoms with Crippen LogP contribution in [0.4, 0.5) is 0 Å². The van der Waals surface area contributed by atoms with E-state index in [1.807, 2.05) is 24.3 Å². The molecule has 2 amide bonds. The van der Waals surface area contributed by atoms with Gasteiger partial charge in [-0.15, -0.1) is 0 Å². The van der Waals surface area contributed by atoms with Crippen molar-refractivity contribution in [2.75, 3.05) is 13.1 Å². The number of thiocarbonyl (C=S) groups is 1. The smallest absolute Gasteiger partial charge is 0.266 e. The molecule has 2 aromatic carbocycles. The van der Waals surface area contributed by atoms with Crippen molar-refractivity contribution in [3.05, 3.63) is 69.6 Å². The number of phenols is 1. The van der Waals surface area contributed by atoms with E-state index >= 15 is 0 Å². The van der Waals surface area contributed by atoms with E-state index in [1.54, 1.807) is 30.3 Å². The summed E-state index contributed by atoms with van der Waals surface area (Å²) in [6.45, 7) is 0.721. The summed E-state index contributed by atoms with van der Waals surface area (Å²) >= 11 is 12.5. The van der Waals surface area contributed by atoms with Crippen molar-refractivity contribution < 1.29 is 14.7 Å². The molecule has 0 aliphatic carbocycles. The molecular formula is C21H19ClN2O3S2. The van der Waals surface area contributed by atoms with Gasteiger partial charge < -0.3 is 10.4 Å². The summed E-state index contributed by atoms with van der Waals surface area (Å²) in [5.41, 5.74) is 1.84. The molecule has 0 atom stereocenters. The molecule has 1 fully saturated rings. The van der Waals surface area contributed by atoms with E-state index in [0.717, 1.165) is 11.1 Å². The van der Waals surface area contributed by atoms with Crippen molar-refractivity contribution in [3.8, 4) is 5.75 Å². The largest absolute Gasteiger partial charge is 0.508 e. The number of amides is 2. The Morgan fingerprint density at radius 2 is 2.00 bits per heavy atom. The van der Waals surface area contributed by atoms with Gasteiger partial charge in [0.1, 0.15) is 10.1 Å². The molecule has 0 spiro atoms. The highest BCUT2D eigenvalue weighted by Crippen LogP contribution is 2.32. The molecule has 5 nitrogen and oxygen atoms in total. The average Bonchev–Trinajstić information content (AvgIpc) is 2.94. The molecule has 29 heavy (non-hydrogen) atoms. The van der Waals surface area contributed by atoms with E-state index in [9.17, 15) is 14.7 Å². The number of hydrogen-bond donors (Lipinski definition) is 2. The molecule has 150 valence electrons. The van der Waals surface area contributed by atoms with Crippen LogP contribution >= 0.6 is 35.6 Å². The van der Waals surface area contributed by atoms with Crippen molar-refractivity contribution >= 4 is 57.8 Å². The number of aromatic hydroxyl groups is 1. The summed E-state index contributed by atoms with van der Waals surface area (Å²) in [6.07, 6.45) is 2.59. The fraction of sp³-hybridized carbons (Fsp3) is 0.190. The van der Waals surface area contributed by atoms with Crippen LogP contribution in [0.1, 0.15) is 17.5 Å². The molecule has 0 saturated carbocycles. The van der Waals surface area contributed by atoms with E-state index < -0.39 is 0 Å². The van der Waals surface area contributed by atoms with Gasteiger partial charge in [0, 0.05) is 24.5 Å². The minimum atomic E-state index is -0.197. The summed E-state index contributed by atoms with van der Waals surface area (Å²) in [5, 5.41) is 12.7. The predicted octanol–water partition coefficient (Wildman–Crippen LogP) is 4.00. The summed E-state index contributed by atoms with van der Waals surface area (Å²) in [4.78, 5) is 26.7. The number of rotatable bonds is 7. The Bertz CT molecular complexity index is 961. The highest BCUT2D eigenvalue weighted by atomic mass is 35.5. The number of thioether (sulfide) groups is 1. The van der Waals surface area contributed by atoms with Crippen molar-refractivity contribution in [1.29, 1.82) is 0 Å². The van der Waals surface area contributed by atoms with Gasteiger partial charge >= 0.3 is 0 Å². The summed E-state index contributed by atoms with van der Waals surface area (Å²) < 4.78 is 0.445. The highest BCUT2D eigenvalue weighted by molar-refractivity contribution is 8.26. The summed E-state index contributed by atoms with van der Waals surface area (Å²) in [7, 11) is 0. The van der Waals surface area contributed by atoms with Crippen LogP contribution in [-0.2, 0) is 16.0 Å². The molecule has 1 saturated heterocycles. The zero-order valence-corrected chi connectivity index (χ0v) is 17.8. The molecule has 0 radical (unpaired) electrons. The first kappa shape index (κ1) is 21.4. The van der Waals surface area contributed by atoms with Crippen LogP contribution in [0.3, 0.4) is 0 Å². The number of phenolic OH excluding ortho intramolecular Hbond substituents is 1. The van der Waals surface area contributed by atoms with Gasteiger partial charge in [0.15, 0.2) is 0 Å². The minimum Gasteiger partial charge on any atom is -0.508 e. The van der Waals surface area contributed by atoms with Crippen LogP contribution < -0.4 is 5.32 Å². The standard InChI is InChI=1S/C21H19ClN2O3S2/c22-16-3-1-2-15(12-16)13-18-20(27)24(21(28)29-18)11-9-19(26)23-10-8-14-4-6-17(25)7-5-14/h1-7,12-13,25H,8-11H2,(H,23,26)/b18-13-. The molecule has 2 aromatic rings. The summed E-state index contributed by atoms with van der Waals surface area (Å²) in [5.74, 6) is -0.126. The molecule has 0 bridgehead atoms. The van der Waals surface area contributed by atoms with Gasteiger partial charge in [-0.05, 0) is 47.9 Å². The Labute approximate surface area is 183 Å². The first-order valence-corrected chi connectivity index (χ1v) is 10.6. The molecule has 1 aliphatic heterocycles. The molecule has 1 heterocycles. The average molecular weight is 447 g/mol. The van der Waals surface area contributed by atoms with Crippen LogP contribution in [0.25, 0.3) is 6.08 Å². The maximum atomic E-state index is 12.6. The minimum absolute atomic E-state index is 0.142. The lowest BCUT2D eigenvalue weighted by atomic mass is 10.1. The second-order valence-corrected chi connectivity index (χ2v) is 8.52. The van der Waals surface area contributed by atoms with E-state index in [1.165, 1.54) is 16.7 Å². The molecule has 2 N–H and O–H groups in total. The van der Waals surface area contributed by atoms with Gasteiger partial charge in [0.05, 0.1) is 4.91 Å². The van der Waals surface area contributed by atoms with Crippen molar-refractivity contribution in [3.63, 3.8) is 0 Å². The second kappa shape index (κ2) is 9.91. The SMILES string of the molecule is O=C(CCN1C(=O)/C(=C/c2cccc(Cl)c2)SC1=S)NCCc1ccc(O)cc1. The van der Waals surface area contributed by atoms with Crippen molar-refractivity contribution in [2.45, 2.75) is 12.8 Å². The molecule has 3 rings (SSSR count). The maximum absolute atomic E-state index is 12.6. The molecular weight excluding hydrogens is 428 g/mol. The van der Waals surface area contributed by atoms with Crippen molar-refractivity contribution in [1.82, 2.24) is 10.2 Å². The van der Waals surface area contributed by atoms with Gasteiger partial charge in [0.25, 0.3) is 5.91 Å². The molecule has 1 aliphatic rings. The molecule has 8 heteroatoms. The molecule has 0 aromatic heterocycles. The van der Waals surface area contributed by atoms with Gasteiger partial charge in [-0.3, -0.25) is 14.5 Å². The van der Waals surface area contributed by atoms with E-state index in [2.05, 4.69) is 5.32 Å². The third-order valence-electron chi connectivity index (χ3n) is 4.25. The van der Waals surface area contributed by atoms with Crippen LogP contribution in [0.2, 0.25) is 5.02 Å². The van der Waals surface area contributed by atoms with E-state index in [0.29, 0.717) is 27.2 Å². The third kappa shape index (κ3) is 6.06. The van der Waals surface area contributed by atoms with Crippen LogP contribution in [0.5, 0.6) is 5.75 Å². The monoisotopic (exact) mass is 446 g/mol. The normalized spacial score (nSPS) is 15.2.